The Bertz CT molecular complexity index is 712. The highest BCUT2D eigenvalue weighted by Crippen LogP contribution is 2.29. The van der Waals surface area contributed by atoms with Crippen LogP contribution in [0, 0.1) is 12.8 Å². The molecule has 9 heteroatoms. The van der Waals surface area contributed by atoms with Crippen LogP contribution in [0.25, 0.3) is 10.6 Å². The lowest BCUT2D eigenvalue weighted by Gasteiger charge is -2.29. The third-order valence-electron chi connectivity index (χ3n) is 4.74. The predicted octanol–water partition coefficient (Wildman–Crippen LogP) is 3.33. The Kier molecular flexibility index (Phi) is 9.03. The molecule has 0 spiro atoms. The summed E-state index contributed by atoms with van der Waals surface area (Å²) in [5.74, 6) is 0.444. The molecule has 146 valence electrons. The van der Waals surface area contributed by atoms with Gasteiger partial charge in [-0.2, -0.15) is 5.10 Å². The summed E-state index contributed by atoms with van der Waals surface area (Å²) in [6, 6.07) is 0.0566. The van der Waals surface area contributed by atoms with Gasteiger partial charge in [0.1, 0.15) is 9.88 Å². The topological polar surface area (TPSA) is 85.8 Å². The molecule has 2 aromatic heterocycles. The molecule has 2 heterocycles. The molecule has 1 atom stereocenters. The second-order valence-electron chi connectivity index (χ2n) is 6.55. The predicted molar refractivity (Wildman–Crippen MR) is 110 cm³/mol. The Hall–Kier alpha value is -1.15. The van der Waals surface area contributed by atoms with Crippen LogP contribution in [-0.4, -0.2) is 33.3 Å². The molecular formula is C17H27Cl2N5OS. The fourth-order valence-corrected chi connectivity index (χ4v) is 4.35. The van der Waals surface area contributed by atoms with Gasteiger partial charge in [-0.1, -0.05) is 19.3 Å². The molecule has 2 aromatic rings. The summed E-state index contributed by atoms with van der Waals surface area (Å²) in [4.78, 5) is 17.9. The van der Waals surface area contributed by atoms with Crippen LogP contribution in [0.3, 0.4) is 0 Å². The minimum absolute atomic E-state index is 0. The van der Waals surface area contributed by atoms with E-state index in [4.69, 9.17) is 5.73 Å². The second kappa shape index (κ2) is 10.3. The molecule has 1 fully saturated rings. The van der Waals surface area contributed by atoms with Gasteiger partial charge >= 0.3 is 0 Å². The van der Waals surface area contributed by atoms with Crippen molar-refractivity contribution in [3.05, 3.63) is 23.0 Å². The van der Waals surface area contributed by atoms with E-state index in [1.165, 1.54) is 30.6 Å². The van der Waals surface area contributed by atoms with Crippen molar-refractivity contribution in [2.75, 3.05) is 6.54 Å². The summed E-state index contributed by atoms with van der Waals surface area (Å²) < 4.78 is 1.74. The molecule has 0 radical (unpaired) electrons. The number of rotatable bonds is 5. The quantitative estimate of drug-likeness (QED) is 0.777. The fraction of sp³-hybridized carbons (Fsp3) is 0.588. The number of halogens is 2. The number of thiazole rings is 1. The zero-order chi connectivity index (χ0) is 17.1. The highest BCUT2D eigenvalue weighted by molar-refractivity contribution is 7.17. The Labute approximate surface area is 170 Å². The highest BCUT2D eigenvalue weighted by atomic mass is 35.5. The van der Waals surface area contributed by atoms with Crippen LogP contribution in [0.1, 0.15) is 47.5 Å². The molecule has 0 aromatic carbocycles. The second-order valence-corrected chi connectivity index (χ2v) is 7.55. The molecule has 6 nitrogen and oxygen atoms in total. The summed E-state index contributed by atoms with van der Waals surface area (Å²) in [5, 5.41) is 8.14. The first-order valence-corrected chi connectivity index (χ1v) is 9.37. The number of aryl methyl sites for hydroxylation is 2. The van der Waals surface area contributed by atoms with Crippen LogP contribution in [0.15, 0.2) is 12.4 Å². The summed E-state index contributed by atoms with van der Waals surface area (Å²) in [6.07, 6.45) is 9.76. The van der Waals surface area contributed by atoms with Gasteiger partial charge in [0.15, 0.2) is 0 Å². The number of carbonyl (C=O) groups excluding carboxylic acids is 1. The molecule has 1 amide bonds. The fourth-order valence-electron chi connectivity index (χ4n) is 3.40. The van der Waals surface area contributed by atoms with Crippen LogP contribution in [0.4, 0.5) is 0 Å². The first-order valence-electron chi connectivity index (χ1n) is 8.56. The number of nitrogens with zero attached hydrogens (tertiary/aromatic N) is 3. The third-order valence-corrected chi connectivity index (χ3v) is 5.95. The molecule has 3 rings (SSSR count). The van der Waals surface area contributed by atoms with E-state index < -0.39 is 0 Å². The molecule has 1 aliphatic rings. The van der Waals surface area contributed by atoms with Gasteiger partial charge < -0.3 is 11.1 Å². The Balaban J connectivity index is 0.00000169. The first-order chi connectivity index (χ1) is 11.6. The van der Waals surface area contributed by atoms with Gasteiger partial charge in [-0.15, -0.1) is 36.2 Å². The summed E-state index contributed by atoms with van der Waals surface area (Å²) in [6.45, 7) is 2.37. The molecular weight excluding hydrogens is 393 g/mol. The van der Waals surface area contributed by atoms with Gasteiger partial charge in [0.25, 0.3) is 5.91 Å². The minimum Gasteiger partial charge on any atom is -0.347 e. The van der Waals surface area contributed by atoms with Crippen molar-refractivity contribution in [2.45, 2.75) is 45.1 Å². The minimum atomic E-state index is -0.0545. The molecule has 3 N–H and O–H groups in total. The molecule has 0 saturated heterocycles. The van der Waals surface area contributed by atoms with Crippen LogP contribution in [0.5, 0.6) is 0 Å². The van der Waals surface area contributed by atoms with E-state index in [0.29, 0.717) is 17.3 Å². The average Bonchev–Trinajstić information content (AvgIpc) is 3.19. The Morgan fingerprint density at radius 2 is 2.08 bits per heavy atom. The maximum atomic E-state index is 12.7. The maximum Gasteiger partial charge on any atom is 0.263 e. The summed E-state index contributed by atoms with van der Waals surface area (Å²) in [5.41, 5.74) is 7.63. The number of hydrogen-bond acceptors (Lipinski definition) is 5. The van der Waals surface area contributed by atoms with Gasteiger partial charge in [-0.25, -0.2) is 4.98 Å². The van der Waals surface area contributed by atoms with Crippen LogP contribution in [-0.2, 0) is 7.05 Å². The monoisotopic (exact) mass is 419 g/mol. The van der Waals surface area contributed by atoms with Crippen LogP contribution >= 0.6 is 36.2 Å². The normalized spacial score (nSPS) is 15.7. The maximum absolute atomic E-state index is 12.7. The molecule has 0 bridgehead atoms. The number of hydrogen-bond donors (Lipinski definition) is 2. The highest BCUT2D eigenvalue weighted by Gasteiger charge is 2.26. The van der Waals surface area contributed by atoms with Gasteiger partial charge in [-0.3, -0.25) is 9.48 Å². The zero-order valence-electron chi connectivity index (χ0n) is 15.1. The lowest BCUT2D eigenvalue weighted by Crippen LogP contribution is -2.45. The van der Waals surface area contributed by atoms with E-state index in [9.17, 15) is 4.79 Å². The number of aromatic nitrogens is 3. The molecule has 1 saturated carbocycles. The van der Waals surface area contributed by atoms with E-state index in [1.807, 2.05) is 20.2 Å². The van der Waals surface area contributed by atoms with Gasteiger partial charge in [-0.05, 0) is 25.7 Å². The Morgan fingerprint density at radius 1 is 1.38 bits per heavy atom. The standard InChI is InChI=1S/C17H25N5OS.2ClH/c1-11-15(24-17(20-11)13-9-19-22(2)10-13)16(23)21-14(8-18)12-6-4-3-5-7-12;;/h9-10,12,14H,3-8,18H2,1-2H3,(H,21,23);2*1H. The van der Waals surface area contributed by atoms with Crippen molar-refractivity contribution in [1.82, 2.24) is 20.1 Å². The van der Waals surface area contributed by atoms with Crippen molar-refractivity contribution >= 4 is 42.1 Å². The lowest BCUT2D eigenvalue weighted by atomic mass is 9.84. The van der Waals surface area contributed by atoms with Crippen molar-refractivity contribution in [2.24, 2.45) is 18.7 Å². The first kappa shape index (κ1) is 22.9. The van der Waals surface area contributed by atoms with Crippen molar-refractivity contribution in [3.8, 4) is 10.6 Å². The van der Waals surface area contributed by atoms with E-state index in [2.05, 4.69) is 15.4 Å². The number of amides is 1. The average molecular weight is 420 g/mol. The van der Waals surface area contributed by atoms with Crippen molar-refractivity contribution < 1.29 is 4.79 Å². The number of nitrogens with one attached hydrogen (secondary N) is 1. The molecule has 26 heavy (non-hydrogen) atoms. The van der Waals surface area contributed by atoms with Crippen molar-refractivity contribution in [1.29, 1.82) is 0 Å². The van der Waals surface area contributed by atoms with E-state index in [0.717, 1.165) is 29.1 Å². The number of nitrogens with two attached hydrogens (primary N) is 1. The molecule has 1 aliphatic carbocycles. The van der Waals surface area contributed by atoms with E-state index in [1.54, 1.807) is 10.9 Å². The zero-order valence-corrected chi connectivity index (χ0v) is 17.6. The van der Waals surface area contributed by atoms with Crippen LogP contribution < -0.4 is 11.1 Å². The smallest absolute Gasteiger partial charge is 0.263 e. The summed E-state index contributed by atoms with van der Waals surface area (Å²) in [7, 11) is 1.87. The molecule has 0 aliphatic heterocycles. The van der Waals surface area contributed by atoms with Crippen LogP contribution in [0.2, 0.25) is 0 Å². The SMILES string of the molecule is Cc1nc(-c2cnn(C)c2)sc1C(=O)NC(CN)C1CCCCC1.Cl.Cl. The van der Waals surface area contributed by atoms with Gasteiger partial charge in [0.05, 0.1) is 11.9 Å². The third kappa shape index (κ3) is 5.19. The van der Waals surface area contributed by atoms with E-state index >= 15 is 0 Å². The Morgan fingerprint density at radius 3 is 2.65 bits per heavy atom. The van der Waals surface area contributed by atoms with Crippen molar-refractivity contribution in [3.63, 3.8) is 0 Å². The lowest BCUT2D eigenvalue weighted by molar-refractivity contribution is 0.0919. The summed E-state index contributed by atoms with van der Waals surface area (Å²) >= 11 is 1.42. The largest absolute Gasteiger partial charge is 0.347 e. The van der Waals surface area contributed by atoms with Gasteiger partial charge in [0.2, 0.25) is 0 Å². The van der Waals surface area contributed by atoms with E-state index in [-0.39, 0.29) is 36.8 Å². The number of carbonyl (C=O) groups is 1. The molecule has 1 unspecified atom stereocenters. The van der Waals surface area contributed by atoms with Gasteiger partial charge in [0, 0.05) is 31.4 Å².